The zero-order chi connectivity index (χ0) is 10.2. The van der Waals surface area contributed by atoms with E-state index in [9.17, 15) is 4.79 Å². The van der Waals surface area contributed by atoms with Gasteiger partial charge in [-0.25, -0.2) is 9.78 Å². The SMILES string of the molecule is CC(C)(Br)c1nc(C(=O)O)sc1Br. The van der Waals surface area contributed by atoms with Gasteiger partial charge in [-0.2, -0.15) is 0 Å². The van der Waals surface area contributed by atoms with E-state index in [0.29, 0.717) is 0 Å². The molecule has 0 aliphatic carbocycles. The van der Waals surface area contributed by atoms with Gasteiger partial charge < -0.3 is 5.11 Å². The number of hydrogen-bond acceptors (Lipinski definition) is 3. The number of nitrogens with zero attached hydrogens (tertiary/aromatic N) is 1. The van der Waals surface area contributed by atoms with Crippen LogP contribution in [0, 0.1) is 0 Å². The third-order valence-corrected chi connectivity index (χ3v) is 3.40. The summed E-state index contributed by atoms with van der Waals surface area (Å²) in [6.07, 6.45) is 0. The van der Waals surface area contributed by atoms with E-state index in [1.807, 2.05) is 13.8 Å². The topological polar surface area (TPSA) is 50.2 Å². The highest BCUT2D eigenvalue weighted by atomic mass is 79.9. The normalized spacial score (nSPS) is 11.7. The van der Waals surface area contributed by atoms with Crippen molar-refractivity contribution in [3.8, 4) is 0 Å². The number of aromatic nitrogens is 1. The molecule has 0 atom stereocenters. The van der Waals surface area contributed by atoms with E-state index in [1.165, 1.54) is 0 Å². The van der Waals surface area contributed by atoms with E-state index in [1.54, 1.807) is 0 Å². The number of aromatic carboxylic acids is 1. The fourth-order valence-corrected chi connectivity index (χ4v) is 3.28. The number of carboxylic acids is 1. The summed E-state index contributed by atoms with van der Waals surface area (Å²) < 4.78 is 0.447. The lowest BCUT2D eigenvalue weighted by Crippen LogP contribution is -2.08. The molecule has 3 nitrogen and oxygen atoms in total. The molecular weight excluding hydrogens is 322 g/mol. The fourth-order valence-electron chi connectivity index (χ4n) is 0.760. The Labute approximate surface area is 96.4 Å². The minimum atomic E-state index is -0.992. The maximum atomic E-state index is 10.6. The fraction of sp³-hybridized carbons (Fsp3) is 0.429. The molecule has 6 heteroatoms. The summed E-state index contributed by atoms with van der Waals surface area (Å²) >= 11 is 7.83. The third kappa shape index (κ3) is 2.51. The highest BCUT2D eigenvalue weighted by Crippen LogP contribution is 2.37. The van der Waals surface area contributed by atoms with Gasteiger partial charge in [-0.3, -0.25) is 0 Å². The predicted molar refractivity (Wildman–Crippen MR) is 58.7 cm³/mol. The monoisotopic (exact) mass is 327 g/mol. The van der Waals surface area contributed by atoms with Gasteiger partial charge in [-0.05, 0) is 29.8 Å². The first-order valence-electron chi connectivity index (χ1n) is 3.41. The van der Waals surface area contributed by atoms with Gasteiger partial charge in [0.1, 0.15) is 0 Å². The first-order valence-corrected chi connectivity index (χ1v) is 5.81. The second kappa shape index (κ2) is 3.67. The molecule has 0 aliphatic rings. The minimum absolute atomic E-state index is 0.106. The Morgan fingerprint density at radius 1 is 1.62 bits per heavy atom. The lowest BCUT2D eigenvalue weighted by molar-refractivity contribution is 0.0696. The molecule has 1 N–H and O–H groups in total. The highest BCUT2D eigenvalue weighted by Gasteiger charge is 2.25. The molecule has 1 aromatic rings. The van der Waals surface area contributed by atoms with Crippen molar-refractivity contribution in [1.82, 2.24) is 4.98 Å². The number of halogens is 2. The Balaban J connectivity index is 3.18. The Hall–Kier alpha value is 0.0600. The van der Waals surface area contributed by atoms with E-state index in [2.05, 4.69) is 36.8 Å². The number of alkyl halides is 1. The van der Waals surface area contributed by atoms with Crippen molar-refractivity contribution in [3.63, 3.8) is 0 Å². The van der Waals surface area contributed by atoms with Crippen LogP contribution in [0.5, 0.6) is 0 Å². The quantitative estimate of drug-likeness (QED) is 0.848. The first-order chi connectivity index (χ1) is 5.82. The Morgan fingerprint density at radius 3 is 2.38 bits per heavy atom. The van der Waals surface area contributed by atoms with Crippen LogP contribution in [0.15, 0.2) is 3.79 Å². The zero-order valence-corrected chi connectivity index (χ0v) is 11.0. The summed E-state index contributed by atoms with van der Waals surface area (Å²) in [6.45, 7) is 3.83. The minimum Gasteiger partial charge on any atom is -0.476 e. The van der Waals surface area contributed by atoms with Crippen LogP contribution in [0.1, 0.15) is 29.3 Å². The number of carboxylic acid groups (broad SMARTS) is 1. The Bertz CT molecular complexity index is 343. The van der Waals surface area contributed by atoms with Gasteiger partial charge in [0, 0.05) is 0 Å². The summed E-state index contributed by atoms with van der Waals surface area (Å²) in [6, 6.07) is 0. The molecule has 0 unspecified atom stereocenters. The summed E-state index contributed by atoms with van der Waals surface area (Å²) in [5.74, 6) is -0.992. The molecule has 1 aromatic heterocycles. The van der Waals surface area contributed by atoms with Gasteiger partial charge in [0.25, 0.3) is 0 Å². The maximum absolute atomic E-state index is 10.6. The number of carbonyl (C=O) groups is 1. The molecular formula is C7H7Br2NO2S. The number of hydrogen-bond donors (Lipinski definition) is 1. The van der Waals surface area contributed by atoms with Crippen LogP contribution in [-0.4, -0.2) is 16.1 Å². The zero-order valence-electron chi connectivity index (χ0n) is 6.97. The van der Waals surface area contributed by atoms with Gasteiger partial charge in [0.2, 0.25) is 5.01 Å². The Morgan fingerprint density at radius 2 is 2.15 bits per heavy atom. The molecule has 0 aliphatic heterocycles. The average Bonchev–Trinajstić information content (AvgIpc) is 2.29. The maximum Gasteiger partial charge on any atom is 0.365 e. The summed E-state index contributed by atoms with van der Waals surface area (Å²) in [5, 5.41) is 8.81. The molecule has 72 valence electrons. The highest BCUT2D eigenvalue weighted by molar-refractivity contribution is 9.11. The van der Waals surface area contributed by atoms with E-state index < -0.39 is 5.97 Å². The van der Waals surface area contributed by atoms with Gasteiger partial charge in [0.05, 0.1) is 13.8 Å². The lowest BCUT2D eigenvalue weighted by atomic mass is 10.2. The molecule has 1 rings (SSSR count). The molecule has 0 saturated carbocycles. The van der Waals surface area contributed by atoms with Crippen LogP contribution < -0.4 is 0 Å². The van der Waals surface area contributed by atoms with Crippen molar-refractivity contribution < 1.29 is 9.90 Å². The molecule has 0 fully saturated rings. The molecule has 1 heterocycles. The van der Waals surface area contributed by atoms with E-state index in [4.69, 9.17) is 5.11 Å². The van der Waals surface area contributed by atoms with Gasteiger partial charge in [0.15, 0.2) is 0 Å². The predicted octanol–water partition coefficient (Wildman–Crippen LogP) is 3.23. The van der Waals surface area contributed by atoms with E-state index in [-0.39, 0.29) is 9.33 Å². The molecule has 0 amide bonds. The summed E-state index contributed by atoms with van der Waals surface area (Å²) in [7, 11) is 0. The lowest BCUT2D eigenvalue weighted by Gasteiger charge is -2.12. The number of thiazole rings is 1. The van der Waals surface area contributed by atoms with Gasteiger partial charge >= 0.3 is 5.97 Å². The smallest absolute Gasteiger partial charge is 0.365 e. The van der Waals surface area contributed by atoms with Crippen molar-refractivity contribution in [1.29, 1.82) is 0 Å². The molecule has 0 bridgehead atoms. The van der Waals surface area contributed by atoms with E-state index in [0.717, 1.165) is 20.8 Å². The van der Waals surface area contributed by atoms with Gasteiger partial charge in [-0.1, -0.05) is 27.3 Å². The third-order valence-electron chi connectivity index (χ3n) is 1.33. The molecule has 0 spiro atoms. The summed E-state index contributed by atoms with van der Waals surface area (Å²) in [5.41, 5.74) is 0.718. The van der Waals surface area contributed by atoms with Crippen LogP contribution in [0.3, 0.4) is 0 Å². The molecule has 0 saturated heterocycles. The van der Waals surface area contributed by atoms with Crippen molar-refractivity contribution in [3.05, 3.63) is 14.5 Å². The molecule has 13 heavy (non-hydrogen) atoms. The Kier molecular flexibility index (Phi) is 3.14. The largest absolute Gasteiger partial charge is 0.476 e. The van der Waals surface area contributed by atoms with Gasteiger partial charge in [-0.15, -0.1) is 0 Å². The van der Waals surface area contributed by atoms with Crippen molar-refractivity contribution >= 4 is 49.2 Å². The van der Waals surface area contributed by atoms with Crippen molar-refractivity contribution in [2.24, 2.45) is 0 Å². The van der Waals surface area contributed by atoms with E-state index >= 15 is 0 Å². The van der Waals surface area contributed by atoms with Crippen LogP contribution in [-0.2, 0) is 4.32 Å². The van der Waals surface area contributed by atoms with Crippen molar-refractivity contribution in [2.75, 3.05) is 0 Å². The van der Waals surface area contributed by atoms with Crippen LogP contribution in [0.25, 0.3) is 0 Å². The van der Waals surface area contributed by atoms with Crippen LogP contribution in [0.2, 0.25) is 0 Å². The summed E-state index contributed by atoms with van der Waals surface area (Å²) in [4.78, 5) is 14.6. The van der Waals surface area contributed by atoms with Crippen LogP contribution in [0.4, 0.5) is 0 Å². The second-order valence-corrected chi connectivity index (χ2v) is 7.22. The van der Waals surface area contributed by atoms with Crippen molar-refractivity contribution in [2.45, 2.75) is 18.2 Å². The first kappa shape index (κ1) is 11.1. The molecule has 0 radical (unpaired) electrons. The molecule has 0 aromatic carbocycles. The second-order valence-electron chi connectivity index (χ2n) is 2.92. The average molecular weight is 329 g/mol. The standard InChI is InChI=1S/C7H7Br2NO2S/c1-7(2,9)3-4(8)13-5(10-3)6(11)12/h1-2H3,(H,11,12). The van der Waals surface area contributed by atoms with Crippen LogP contribution >= 0.6 is 43.2 Å². The number of rotatable bonds is 2.